The molecule has 2 N–H and O–H groups in total. The van der Waals surface area contributed by atoms with Gasteiger partial charge in [0.1, 0.15) is 5.82 Å². The molecule has 0 spiro atoms. The Labute approximate surface area is 256 Å². The second-order valence-electron chi connectivity index (χ2n) is 11.8. The molecule has 2 aliphatic rings. The summed E-state index contributed by atoms with van der Waals surface area (Å²) in [7, 11) is 0. The van der Waals surface area contributed by atoms with Crippen LogP contribution < -0.4 is 10.6 Å². The molecule has 1 heterocycles. The third-order valence-electron chi connectivity index (χ3n) is 8.00. The highest BCUT2D eigenvalue weighted by molar-refractivity contribution is 7.98. The summed E-state index contributed by atoms with van der Waals surface area (Å²) >= 11 is 14.6. The van der Waals surface area contributed by atoms with Gasteiger partial charge < -0.3 is 5.73 Å². The van der Waals surface area contributed by atoms with E-state index in [2.05, 4.69) is 64.1 Å². The number of thioether (sulfide) groups is 1. The fraction of sp³-hybridized carbons (Fsp3) is 0.294. The third kappa shape index (κ3) is 5.66. The number of rotatable bonds is 5. The van der Waals surface area contributed by atoms with Gasteiger partial charge in [-0.05, 0) is 84.7 Å². The number of hydrogen-bond donors (Lipinski definition) is 1. The summed E-state index contributed by atoms with van der Waals surface area (Å²) in [6.07, 6.45) is 1.01. The maximum Gasteiger partial charge on any atom is 0.162 e. The molecule has 3 aromatic rings. The molecule has 4 nitrogen and oxygen atoms in total. The van der Waals surface area contributed by atoms with Gasteiger partial charge in [0.05, 0.1) is 23.2 Å². The van der Waals surface area contributed by atoms with Gasteiger partial charge in [0.25, 0.3) is 0 Å². The van der Waals surface area contributed by atoms with Crippen molar-refractivity contribution in [3.8, 4) is 6.07 Å². The molecule has 41 heavy (non-hydrogen) atoms. The molecule has 210 valence electrons. The minimum atomic E-state index is -0.549. The van der Waals surface area contributed by atoms with Crippen LogP contribution >= 0.6 is 35.0 Å². The zero-order valence-corrected chi connectivity index (χ0v) is 26.3. The number of halogens is 2. The van der Waals surface area contributed by atoms with Crippen molar-refractivity contribution < 1.29 is 4.79 Å². The SMILES string of the molecule is Cc1cc(C)c(C2C(C#N)=C(N)N(c3cc(Cl)cc(Cl)c3)C3=C2C(=O)CC(C)(C)C3)cc1CSc1ccccc1C. The van der Waals surface area contributed by atoms with Crippen molar-refractivity contribution >= 4 is 46.4 Å². The minimum Gasteiger partial charge on any atom is -0.384 e. The zero-order chi connectivity index (χ0) is 29.6. The van der Waals surface area contributed by atoms with Crippen LogP contribution in [0.3, 0.4) is 0 Å². The average molecular weight is 603 g/mol. The quantitative estimate of drug-likeness (QED) is 0.295. The van der Waals surface area contributed by atoms with E-state index in [0.29, 0.717) is 45.5 Å². The summed E-state index contributed by atoms with van der Waals surface area (Å²) in [6.45, 7) is 10.5. The first kappa shape index (κ1) is 29.3. The number of nitrogens with two attached hydrogens (primary N) is 1. The van der Waals surface area contributed by atoms with E-state index < -0.39 is 5.92 Å². The van der Waals surface area contributed by atoms with E-state index in [9.17, 15) is 10.1 Å². The predicted octanol–water partition coefficient (Wildman–Crippen LogP) is 9.15. The van der Waals surface area contributed by atoms with Gasteiger partial charge in [-0.3, -0.25) is 9.69 Å². The van der Waals surface area contributed by atoms with E-state index in [0.717, 1.165) is 22.6 Å². The molecule has 7 heteroatoms. The largest absolute Gasteiger partial charge is 0.384 e. The first-order valence-corrected chi connectivity index (χ1v) is 15.3. The summed E-state index contributed by atoms with van der Waals surface area (Å²) in [5.74, 6) is 0.566. The number of ketones is 1. The molecule has 1 atom stereocenters. The van der Waals surface area contributed by atoms with Gasteiger partial charge in [0.2, 0.25) is 0 Å². The standard InChI is InChI=1S/C34H33Cl2N3OS/c1-19-8-6-7-9-30(19)41-18-22-11-26(21(3)10-20(22)2)31-27(17-37)33(38)39(25-13-23(35)12-24(36)14-25)28-15-34(4,5)16-29(40)32(28)31/h6-14,31H,15-16,18,38H2,1-5H3. The molecule has 0 amide bonds. The summed E-state index contributed by atoms with van der Waals surface area (Å²) in [6, 6.07) is 20.3. The monoisotopic (exact) mass is 601 g/mol. The predicted molar refractivity (Wildman–Crippen MR) is 170 cm³/mol. The molecule has 1 unspecified atom stereocenters. The average Bonchev–Trinajstić information content (AvgIpc) is 2.87. The Morgan fingerprint density at radius 1 is 1.00 bits per heavy atom. The number of anilines is 1. The van der Waals surface area contributed by atoms with Crippen LogP contribution in [0.2, 0.25) is 10.0 Å². The Kier molecular flexibility index (Phi) is 8.05. The number of carbonyl (C=O) groups excluding carboxylic acids is 1. The summed E-state index contributed by atoms with van der Waals surface area (Å²) in [5, 5.41) is 11.4. The summed E-state index contributed by atoms with van der Waals surface area (Å²) in [5.41, 5.74) is 14.6. The maximum absolute atomic E-state index is 14.0. The van der Waals surface area contributed by atoms with Gasteiger partial charge in [-0.2, -0.15) is 5.26 Å². The van der Waals surface area contributed by atoms with Crippen LogP contribution in [-0.2, 0) is 10.5 Å². The van der Waals surface area contributed by atoms with Gasteiger partial charge in [-0.1, -0.05) is 67.4 Å². The van der Waals surface area contributed by atoms with Crippen molar-refractivity contribution in [2.45, 2.75) is 64.0 Å². The Morgan fingerprint density at radius 3 is 2.34 bits per heavy atom. The fourth-order valence-electron chi connectivity index (χ4n) is 6.04. The van der Waals surface area contributed by atoms with Crippen molar-refractivity contribution in [3.05, 3.63) is 115 Å². The van der Waals surface area contributed by atoms with Gasteiger partial charge in [0.15, 0.2) is 5.78 Å². The highest BCUT2D eigenvalue weighted by Gasteiger charge is 2.45. The van der Waals surface area contributed by atoms with Crippen molar-refractivity contribution in [1.29, 1.82) is 5.26 Å². The van der Waals surface area contributed by atoms with E-state index in [1.807, 2.05) is 17.9 Å². The molecule has 0 fully saturated rings. The molecule has 0 bridgehead atoms. The molecule has 1 aliphatic carbocycles. The van der Waals surface area contributed by atoms with Crippen molar-refractivity contribution in [1.82, 2.24) is 0 Å². The Balaban J connectivity index is 1.68. The smallest absolute Gasteiger partial charge is 0.162 e. The molecule has 0 aromatic heterocycles. The lowest BCUT2D eigenvalue weighted by Crippen LogP contribution is -2.42. The highest BCUT2D eigenvalue weighted by Crippen LogP contribution is 2.51. The van der Waals surface area contributed by atoms with Gasteiger partial charge in [-0.15, -0.1) is 11.8 Å². The molecule has 3 aromatic carbocycles. The second kappa shape index (κ2) is 11.2. The minimum absolute atomic E-state index is 0.0374. The van der Waals surface area contributed by atoms with Crippen molar-refractivity contribution in [2.75, 3.05) is 4.90 Å². The van der Waals surface area contributed by atoms with E-state index in [4.69, 9.17) is 28.9 Å². The molecule has 5 rings (SSSR count). The van der Waals surface area contributed by atoms with Gasteiger partial charge >= 0.3 is 0 Å². The number of hydrogen-bond acceptors (Lipinski definition) is 5. The number of Topliss-reactive ketones (excluding diaryl/α,β-unsaturated/α-hetero) is 1. The first-order chi connectivity index (χ1) is 19.4. The zero-order valence-electron chi connectivity index (χ0n) is 23.9. The van der Waals surface area contributed by atoms with Crippen LogP contribution in [0.25, 0.3) is 0 Å². The molecular weight excluding hydrogens is 569 g/mol. The van der Waals surface area contributed by atoms with Crippen LogP contribution in [0, 0.1) is 37.5 Å². The number of nitrogens with zero attached hydrogens (tertiary/aromatic N) is 2. The van der Waals surface area contributed by atoms with Crippen molar-refractivity contribution in [2.24, 2.45) is 11.1 Å². The topological polar surface area (TPSA) is 70.1 Å². The lowest BCUT2D eigenvalue weighted by Gasteiger charge is -2.44. The van der Waals surface area contributed by atoms with Crippen LogP contribution in [0.1, 0.15) is 60.4 Å². The van der Waals surface area contributed by atoms with E-state index in [1.165, 1.54) is 21.6 Å². The van der Waals surface area contributed by atoms with Gasteiger partial charge in [0, 0.05) is 38.4 Å². The van der Waals surface area contributed by atoms with Crippen LogP contribution in [0.4, 0.5) is 5.69 Å². The number of benzene rings is 3. The van der Waals surface area contributed by atoms with E-state index >= 15 is 0 Å². The Bertz CT molecular complexity index is 1660. The normalized spacial score (nSPS) is 18.4. The number of carbonyl (C=O) groups is 1. The first-order valence-electron chi connectivity index (χ1n) is 13.6. The second-order valence-corrected chi connectivity index (χ2v) is 13.7. The van der Waals surface area contributed by atoms with E-state index in [1.54, 1.807) is 30.0 Å². The highest BCUT2D eigenvalue weighted by atomic mass is 35.5. The maximum atomic E-state index is 14.0. The van der Waals surface area contributed by atoms with Crippen molar-refractivity contribution in [3.63, 3.8) is 0 Å². The third-order valence-corrected chi connectivity index (χ3v) is 9.66. The van der Waals surface area contributed by atoms with Crippen LogP contribution in [-0.4, -0.2) is 5.78 Å². The lowest BCUT2D eigenvalue weighted by atomic mass is 9.68. The van der Waals surface area contributed by atoms with Crippen LogP contribution in [0.15, 0.2) is 82.2 Å². The fourth-order valence-corrected chi connectivity index (χ4v) is 7.65. The molecule has 0 saturated heterocycles. The molecule has 0 radical (unpaired) electrons. The summed E-state index contributed by atoms with van der Waals surface area (Å²) in [4.78, 5) is 17.1. The van der Waals surface area contributed by atoms with Gasteiger partial charge in [-0.25, -0.2) is 0 Å². The number of allylic oxidation sites excluding steroid dienone is 3. The van der Waals surface area contributed by atoms with E-state index in [-0.39, 0.29) is 11.2 Å². The Morgan fingerprint density at radius 2 is 1.68 bits per heavy atom. The van der Waals surface area contributed by atoms with Crippen LogP contribution in [0.5, 0.6) is 0 Å². The molecular formula is C34H33Cl2N3OS. The molecule has 0 saturated carbocycles. The Hall–Kier alpha value is -3.17. The number of aryl methyl sites for hydroxylation is 3. The molecule has 1 aliphatic heterocycles. The lowest BCUT2D eigenvalue weighted by molar-refractivity contribution is -0.118. The summed E-state index contributed by atoms with van der Waals surface area (Å²) < 4.78 is 0. The number of nitriles is 1.